The Kier molecular flexibility index (Phi) is 2.87. The normalized spacial score (nSPS) is 20.7. The van der Waals surface area contributed by atoms with Gasteiger partial charge in [-0.25, -0.2) is 18.4 Å². The molecule has 0 aliphatic carbocycles. The van der Waals surface area contributed by atoms with Gasteiger partial charge in [0.05, 0.1) is 17.5 Å². The highest BCUT2D eigenvalue weighted by molar-refractivity contribution is 7.91. The minimum absolute atomic E-state index is 0.127. The molecule has 3 aromatic heterocycles. The van der Waals surface area contributed by atoms with Gasteiger partial charge in [0, 0.05) is 6.20 Å². The molecule has 3 aromatic rings. The molecule has 0 spiro atoms. The quantitative estimate of drug-likeness (QED) is 0.725. The molecule has 0 bridgehead atoms. The van der Waals surface area contributed by atoms with E-state index < -0.39 is 9.84 Å². The predicted octanol–water partition coefficient (Wildman–Crippen LogP) is 2.36. The Morgan fingerprint density at radius 1 is 1.32 bits per heavy atom. The number of fused-ring (bicyclic) bond motifs is 1. The molecule has 1 aliphatic heterocycles. The van der Waals surface area contributed by atoms with Crippen molar-refractivity contribution in [2.45, 2.75) is 19.4 Å². The van der Waals surface area contributed by atoms with Crippen molar-refractivity contribution in [2.24, 2.45) is 0 Å². The van der Waals surface area contributed by atoms with E-state index in [0.717, 1.165) is 11.3 Å². The van der Waals surface area contributed by atoms with E-state index in [0.29, 0.717) is 23.7 Å². The minimum Gasteiger partial charge on any atom is -0.458 e. The first-order valence-corrected chi connectivity index (χ1v) is 8.96. The SMILES string of the molecule is Cc1ccc(-c2nc3cccnc3n2C2CCS(=O)(=O)C2)o1. The zero-order valence-corrected chi connectivity index (χ0v) is 12.9. The lowest BCUT2D eigenvalue weighted by Gasteiger charge is -2.13. The third-order valence-electron chi connectivity index (χ3n) is 3.98. The van der Waals surface area contributed by atoms with Crippen LogP contribution in [0, 0.1) is 6.92 Å². The van der Waals surface area contributed by atoms with Gasteiger partial charge >= 0.3 is 0 Å². The number of aryl methyl sites for hydroxylation is 1. The van der Waals surface area contributed by atoms with Gasteiger partial charge in [-0.2, -0.15) is 0 Å². The molecule has 1 fully saturated rings. The van der Waals surface area contributed by atoms with Gasteiger partial charge in [-0.15, -0.1) is 0 Å². The van der Waals surface area contributed by atoms with Crippen molar-refractivity contribution in [3.63, 3.8) is 0 Å². The Bertz CT molecular complexity index is 955. The van der Waals surface area contributed by atoms with E-state index >= 15 is 0 Å². The van der Waals surface area contributed by atoms with Crippen molar-refractivity contribution in [3.8, 4) is 11.6 Å². The third-order valence-corrected chi connectivity index (χ3v) is 5.73. The van der Waals surface area contributed by atoms with Crippen molar-refractivity contribution in [2.75, 3.05) is 11.5 Å². The molecule has 0 radical (unpaired) electrons. The predicted molar refractivity (Wildman–Crippen MR) is 82.3 cm³/mol. The molecule has 0 amide bonds. The van der Waals surface area contributed by atoms with Crippen molar-refractivity contribution in [1.29, 1.82) is 0 Å². The lowest BCUT2D eigenvalue weighted by atomic mass is 10.2. The van der Waals surface area contributed by atoms with E-state index in [2.05, 4.69) is 9.97 Å². The van der Waals surface area contributed by atoms with Crippen LogP contribution in [0.25, 0.3) is 22.7 Å². The first kappa shape index (κ1) is 13.5. The van der Waals surface area contributed by atoms with Crippen molar-refractivity contribution in [3.05, 3.63) is 36.2 Å². The maximum Gasteiger partial charge on any atom is 0.178 e. The van der Waals surface area contributed by atoms with Gasteiger partial charge in [0.25, 0.3) is 0 Å². The van der Waals surface area contributed by atoms with Crippen LogP contribution in [0.5, 0.6) is 0 Å². The average molecular weight is 317 g/mol. The van der Waals surface area contributed by atoms with Gasteiger partial charge in [0.1, 0.15) is 11.3 Å². The summed E-state index contributed by atoms with van der Waals surface area (Å²) in [6.07, 6.45) is 2.28. The Morgan fingerprint density at radius 3 is 2.86 bits per heavy atom. The lowest BCUT2D eigenvalue weighted by molar-refractivity contribution is 0.522. The number of furan rings is 1. The Hall–Kier alpha value is -2.15. The van der Waals surface area contributed by atoms with Crippen LogP contribution in [0.4, 0.5) is 0 Å². The van der Waals surface area contributed by atoms with E-state index in [-0.39, 0.29) is 17.5 Å². The number of hydrogen-bond acceptors (Lipinski definition) is 5. The van der Waals surface area contributed by atoms with Crippen LogP contribution in [-0.2, 0) is 9.84 Å². The molecule has 0 saturated carbocycles. The maximum absolute atomic E-state index is 11.8. The number of aromatic nitrogens is 3. The summed E-state index contributed by atoms with van der Waals surface area (Å²) in [6, 6.07) is 7.28. The number of nitrogens with zero attached hydrogens (tertiary/aromatic N) is 3. The number of sulfone groups is 1. The molecular formula is C15H15N3O3S. The largest absolute Gasteiger partial charge is 0.458 e. The van der Waals surface area contributed by atoms with Gasteiger partial charge < -0.3 is 8.98 Å². The summed E-state index contributed by atoms with van der Waals surface area (Å²) in [7, 11) is -2.99. The first-order chi connectivity index (χ1) is 10.5. The summed E-state index contributed by atoms with van der Waals surface area (Å²) in [5, 5.41) is 0. The monoisotopic (exact) mass is 317 g/mol. The second-order valence-electron chi connectivity index (χ2n) is 5.62. The van der Waals surface area contributed by atoms with Crippen molar-refractivity contribution in [1.82, 2.24) is 14.5 Å². The van der Waals surface area contributed by atoms with Crippen molar-refractivity contribution >= 4 is 21.0 Å². The summed E-state index contributed by atoms with van der Waals surface area (Å²) >= 11 is 0. The van der Waals surface area contributed by atoms with Gasteiger partial charge in [-0.1, -0.05) is 0 Å². The van der Waals surface area contributed by atoms with Crippen LogP contribution in [0.15, 0.2) is 34.9 Å². The van der Waals surface area contributed by atoms with Crippen LogP contribution in [-0.4, -0.2) is 34.5 Å². The molecule has 114 valence electrons. The highest BCUT2D eigenvalue weighted by Crippen LogP contribution is 2.33. The second kappa shape index (κ2) is 4.67. The Labute approximate surface area is 127 Å². The highest BCUT2D eigenvalue weighted by atomic mass is 32.2. The minimum atomic E-state index is -2.99. The molecule has 4 heterocycles. The average Bonchev–Trinajstić information content (AvgIpc) is 3.14. The van der Waals surface area contributed by atoms with E-state index in [4.69, 9.17) is 4.42 Å². The van der Waals surface area contributed by atoms with Crippen LogP contribution < -0.4 is 0 Å². The van der Waals surface area contributed by atoms with Gasteiger partial charge in [0.15, 0.2) is 27.1 Å². The Balaban J connectivity index is 1.94. The molecule has 1 atom stereocenters. The molecule has 6 nitrogen and oxygen atoms in total. The highest BCUT2D eigenvalue weighted by Gasteiger charge is 2.32. The summed E-state index contributed by atoms with van der Waals surface area (Å²) < 4.78 is 31.3. The summed E-state index contributed by atoms with van der Waals surface area (Å²) in [6.45, 7) is 1.87. The number of pyridine rings is 1. The van der Waals surface area contributed by atoms with E-state index in [9.17, 15) is 8.42 Å². The molecule has 7 heteroatoms. The number of imidazole rings is 1. The second-order valence-corrected chi connectivity index (χ2v) is 7.85. The molecule has 1 unspecified atom stereocenters. The third kappa shape index (κ3) is 2.12. The molecule has 0 N–H and O–H groups in total. The van der Waals surface area contributed by atoms with Gasteiger partial charge in [0.2, 0.25) is 0 Å². The van der Waals surface area contributed by atoms with Crippen molar-refractivity contribution < 1.29 is 12.8 Å². The van der Waals surface area contributed by atoms with Crippen LogP contribution in [0.2, 0.25) is 0 Å². The summed E-state index contributed by atoms with van der Waals surface area (Å²) in [4.78, 5) is 8.99. The summed E-state index contributed by atoms with van der Waals surface area (Å²) in [5.41, 5.74) is 1.45. The summed E-state index contributed by atoms with van der Waals surface area (Å²) in [5.74, 6) is 2.41. The Morgan fingerprint density at radius 2 is 2.18 bits per heavy atom. The fraction of sp³-hybridized carbons (Fsp3) is 0.333. The van der Waals surface area contributed by atoms with Crippen LogP contribution in [0.3, 0.4) is 0 Å². The number of hydrogen-bond donors (Lipinski definition) is 0. The molecule has 22 heavy (non-hydrogen) atoms. The number of rotatable bonds is 2. The van der Waals surface area contributed by atoms with E-state index in [1.54, 1.807) is 6.20 Å². The lowest BCUT2D eigenvalue weighted by Crippen LogP contribution is -2.12. The van der Waals surface area contributed by atoms with Crippen LogP contribution >= 0.6 is 0 Å². The smallest absolute Gasteiger partial charge is 0.178 e. The topological polar surface area (TPSA) is 78.0 Å². The molecule has 1 saturated heterocycles. The van der Waals surface area contributed by atoms with Crippen LogP contribution in [0.1, 0.15) is 18.2 Å². The maximum atomic E-state index is 11.8. The zero-order chi connectivity index (χ0) is 15.3. The molecular weight excluding hydrogens is 302 g/mol. The van der Waals surface area contributed by atoms with E-state index in [1.807, 2.05) is 35.8 Å². The molecule has 0 aromatic carbocycles. The first-order valence-electron chi connectivity index (χ1n) is 7.14. The fourth-order valence-corrected chi connectivity index (χ4v) is 4.68. The fourth-order valence-electron chi connectivity index (χ4n) is 2.98. The zero-order valence-electron chi connectivity index (χ0n) is 12.1. The van der Waals surface area contributed by atoms with Gasteiger partial charge in [-0.05, 0) is 37.6 Å². The van der Waals surface area contributed by atoms with Gasteiger partial charge in [-0.3, -0.25) is 0 Å². The standard InChI is InChI=1S/C15H15N3O3S/c1-10-4-5-13(21-10)15-17-12-3-2-7-16-14(12)18(15)11-6-8-22(19,20)9-11/h2-5,7,11H,6,8-9H2,1H3. The molecule has 1 aliphatic rings. The van der Waals surface area contributed by atoms with E-state index in [1.165, 1.54) is 0 Å². The molecule has 4 rings (SSSR count).